The highest BCUT2D eigenvalue weighted by atomic mass is 35.5. The van der Waals surface area contributed by atoms with Gasteiger partial charge in [-0.05, 0) is 62.6 Å². The standard InChI is InChI=1S/C28H34ClN5O4/c1-4-28(13-20(35)24-18(29)15-30-19-6-8-23(37-3)34-25(19)24)11-9-27(2,10-12-28)31-14-17-5-7-21-26(32-17)33-22(36)16-38-21/h5-8,15,20,31,35H,4,9-14,16H2,1-3H3,(H,32,33,36). The molecule has 0 radical (unpaired) electrons. The van der Waals surface area contributed by atoms with Gasteiger partial charge < -0.3 is 25.2 Å². The highest BCUT2D eigenvalue weighted by Gasteiger charge is 2.41. The Morgan fingerprint density at radius 3 is 2.74 bits per heavy atom. The molecule has 2 aliphatic rings. The van der Waals surface area contributed by atoms with Crippen LogP contribution >= 0.6 is 11.6 Å². The molecule has 3 aromatic rings. The van der Waals surface area contributed by atoms with Crippen LogP contribution in [0.5, 0.6) is 11.6 Å². The third-order valence-electron chi connectivity index (χ3n) is 8.24. The molecule has 1 amide bonds. The number of carbonyl (C=O) groups excluding carboxylic acids is 1. The number of amides is 1. The van der Waals surface area contributed by atoms with E-state index < -0.39 is 6.10 Å². The Bertz CT molecular complexity index is 1340. The first-order valence-corrected chi connectivity index (χ1v) is 13.5. The molecule has 10 heteroatoms. The molecule has 0 saturated heterocycles. The largest absolute Gasteiger partial charge is 0.481 e. The zero-order chi connectivity index (χ0) is 26.9. The van der Waals surface area contributed by atoms with Gasteiger partial charge in [0.05, 0.1) is 29.4 Å². The fourth-order valence-electron chi connectivity index (χ4n) is 5.61. The number of anilines is 1. The molecule has 1 unspecified atom stereocenters. The molecule has 38 heavy (non-hydrogen) atoms. The van der Waals surface area contributed by atoms with Crippen molar-refractivity contribution < 1.29 is 19.4 Å². The summed E-state index contributed by atoms with van der Waals surface area (Å²) in [6.45, 7) is 5.06. The number of aromatic nitrogens is 3. The van der Waals surface area contributed by atoms with E-state index in [1.165, 1.54) is 0 Å². The summed E-state index contributed by atoms with van der Waals surface area (Å²) in [5.74, 6) is 1.34. The molecule has 0 spiro atoms. The van der Waals surface area contributed by atoms with Gasteiger partial charge >= 0.3 is 0 Å². The monoisotopic (exact) mass is 539 g/mol. The SMILES string of the molecule is CCC1(CC(O)c2c(Cl)cnc3ccc(OC)nc23)CCC(C)(NCc2ccc3c(n2)NC(=O)CO3)CC1. The van der Waals surface area contributed by atoms with Crippen LogP contribution in [0.15, 0.2) is 30.5 Å². The second-order valence-electron chi connectivity index (χ2n) is 10.7. The molecule has 1 aliphatic carbocycles. The second-order valence-corrected chi connectivity index (χ2v) is 11.1. The van der Waals surface area contributed by atoms with Gasteiger partial charge in [-0.3, -0.25) is 9.78 Å². The summed E-state index contributed by atoms with van der Waals surface area (Å²) in [4.78, 5) is 25.1. The number of aliphatic hydroxyl groups is 1. The van der Waals surface area contributed by atoms with Gasteiger partial charge in [0.15, 0.2) is 18.2 Å². The number of fused-ring (bicyclic) bond motifs is 2. The third kappa shape index (κ3) is 5.41. The van der Waals surface area contributed by atoms with Gasteiger partial charge in [-0.15, -0.1) is 0 Å². The Morgan fingerprint density at radius 1 is 1.21 bits per heavy atom. The summed E-state index contributed by atoms with van der Waals surface area (Å²) >= 11 is 6.55. The number of hydrogen-bond acceptors (Lipinski definition) is 8. The van der Waals surface area contributed by atoms with Crippen molar-refractivity contribution in [2.24, 2.45) is 5.41 Å². The lowest BCUT2D eigenvalue weighted by Gasteiger charge is -2.46. The van der Waals surface area contributed by atoms with E-state index in [0.717, 1.165) is 37.8 Å². The molecule has 5 rings (SSSR count). The zero-order valence-electron chi connectivity index (χ0n) is 22.0. The highest BCUT2D eigenvalue weighted by molar-refractivity contribution is 6.32. The summed E-state index contributed by atoms with van der Waals surface area (Å²) in [7, 11) is 1.56. The maximum Gasteiger partial charge on any atom is 0.263 e. The number of halogens is 1. The van der Waals surface area contributed by atoms with Crippen LogP contribution in [0.1, 0.15) is 69.7 Å². The predicted molar refractivity (Wildman–Crippen MR) is 145 cm³/mol. The molecular formula is C28H34ClN5O4. The van der Waals surface area contributed by atoms with Crippen molar-refractivity contribution in [1.29, 1.82) is 0 Å². The van der Waals surface area contributed by atoms with Crippen molar-refractivity contribution in [3.63, 3.8) is 0 Å². The molecule has 4 heterocycles. The predicted octanol–water partition coefficient (Wildman–Crippen LogP) is 4.96. The minimum absolute atomic E-state index is 0.00984. The van der Waals surface area contributed by atoms with Crippen LogP contribution in [0.2, 0.25) is 5.02 Å². The smallest absolute Gasteiger partial charge is 0.263 e. The summed E-state index contributed by atoms with van der Waals surface area (Å²) in [5, 5.41) is 18.3. The van der Waals surface area contributed by atoms with E-state index in [1.807, 2.05) is 18.2 Å². The van der Waals surface area contributed by atoms with Crippen molar-refractivity contribution >= 4 is 34.4 Å². The highest BCUT2D eigenvalue weighted by Crippen LogP contribution is 2.49. The van der Waals surface area contributed by atoms with Crippen molar-refractivity contribution in [3.8, 4) is 11.6 Å². The van der Waals surface area contributed by atoms with E-state index in [4.69, 9.17) is 21.1 Å². The molecule has 0 aromatic carbocycles. The maximum absolute atomic E-state index is 11.6. The number of carbonyl (C=O) groups is 1. The zero-order valence-corrected chi connectivity index (χ0v) is 22.8. The van der Waals surface area contributed by atoms with Gasteiger partial charge in [0, 0.05) is 29.9 Å². The molecular weight excluding hydrogens is 506 g/mol. The van der Waals surface area contributed by atoms with E-state index in [-0.39, 0.29) is 23.5 Å². The van der Waals surface area contributed by atoms with E-state index >= 15 is 0 Å². The number of hydrogen-bond donors (Lipinski definition) is 3. The number of nitrogens with zero attached hydrogens (tertiary/aromatic N) is 3. The molecule has 3 aromatic heterocycles. The lowest BCUT2D eigenvalue weighted by molar-refractivity contribution is -0.118. The van der Waals surface area contributed by atoms with Crippen LogP contribution in [0, 0.1) is 5.41 Å². The summed E-state index contributed by atoms with van der Waals surface area (Å²) < 4.78 is 10.7. The van der Waals surface area contributed by atoms with Gasteiger partial charge in [0.2, 0.25) is 5.88 Å². The number of nitrogens with one attached hydrogen (secondary N) is 2. The normalized spacial score (nSPS) is 23.9. The van der Waals surface area contributed by atoms with Gasteiger partial charge in [0.25, 0.3) is 5.91 Å². The van der Waals surface area contributed by atoms with Crippen molar-refractivity contribution in [2.45, 2.75) is 70.6 Å². The van der Waals surface area contributed by atoms with E-state index in [2.05, 4.69) is 39.4 Å². The summed E-state index contributed by atoms with van der Waals surface area (Å²) in [6, 6.07) is 7.36. The molecule has 1 fully saturated rings. The Labute approximate surface area is 227 Å². The number of methoxy groups -OCH3 is 1. The number of rotatable bonds is 8. The van der Waals surface area contributed by atoms with Crippen molar-refractivity contribution in [3.05, 3.63) is 46.7 Å². The lowest BCUT2D eigenvalue weighted by Crippen LogP contribution is -2.47. The van der Waals surface area contributed by atoms with Crippen LogP contribution in [-0.4, -0.2) is 45.2 Å². The number of pyridine rings is 3. The second kappa shape index (κ2) is 10.6. The topological polar surface area (TPSA) is 118 Å². The first-order valence-electron chi connectivity index (χ1n) is 13.1. The van der Waals surface area contributed by atoms with Crippen molar-refractivity contribution in [2.75, 3.05) is 19.0 Å². The van der Waals surface area contributed by atoms with Crippen LogP contribution in [0.3, 0.4) is 0 Å². The first-order chi connectivity index (χ1) is 18.2. The molecule has 1 saturated carbocycles. The van der Waals surface area contributed by atoms with E-state index in [1.54, 1.807) is 19.4 Å². The van der Waals surface area contributed by atoms with Gasteiger partial charge in [-0.25, -0.2) is 9.97 Å². The van der Waals surface area contributed by atoms with Crippen LogP contribution in [-0.2, 0) is 11.3 Å². The fourth-order valence-corrected chi connectivity index (χ4v) is 5.87. The fraction of sp³-hybridized carbons (Fsp3) is 0.500. The molecule has 3 N–H and O–H groups in total. The average molecular weight is 540 g/mol. The third-order valence-corrected chi connectivity index (χ3v) is 8.54. The van der Waals surface area contributed by atoms with Crippen molar-refractivity contribution in [1.82, 2.24) is 20.3 Å². The summed E-state index contributed by atoms with van der Waals surface area (Å²) in [6.07, 6.45) is 6.27. The molecule has 1 atom stereocenters. The Morgan fingerprint density at radius 2 is 2.00 bits per heavy atom. The molecule has 202 valence electrons. The van der Waals surface area contributed by atoms with Gasteiger partial charge in [-0.2, -0.15) is 0 Å². The van der Waals surface area contributed by atoms with Crippen LogP contribution in [0.4, 0.5) is 5.82 Å². The Balaban J connectivity index is 1.26. The Hall–Kier alpha value is -3.01. The Kier molecular flexibility index (Phi) is 7.44. The number of aliphatic hydroxyl groups excluding tert-OH is 1. The average Bonchev–Trinajstić information content (AvgIpc) is 2.92. The molecule has 0 bridgehead atoms. The van der Waals surface area contributed by atoms with E-state index in [0.29, 0.717) is 52.0 Å². The minimum Gasteiger partial charge on any atom is -0.481 e. The van der Waals surface area contributed by atoms with Crippen LogP contribution < -0.4 is 20.1 Å². The molecule has 1 aliphatic heterocycles. The number of ether oxygens (including phenoxy) is 2. The van der Waals surface area contributed by atoms with Gasteiger partial charge in [0.1, 0.15) is 5.52 Å². The van der Waals surface area contributed by atoms with E-state index in [9.17, 15) is 9.90 Å². The molecule has 9 nitrogen and oxygen atoms in total. The summed E-state index contributed by atoms with van der Waals surface area (Å²) in [5.41, 5.74) is 2.65. The first kappa shape index (κ1) is 26.6. The van der Waals surface area contributed by atoms with Gasteiger partial charge in [-0.1, -0.05) is 24.9 Å². The quantitative estimate of drug-likeness (QED) is 0.367. The minimum atomic E-state index is -0.762. The lowest BCUT2D eigenvalue weighted by atomic mass is 9.64. The maximum atomic E-state index is 11.6. The van der Waals surface area contributed by atoms with Crippen LogP contribution in [0.25, 0.3) is 11.0 Å².